The fourth-order valence-electron chi connectivity index (χ4n) is 1.59. The van der Waals surface area contributed by atoms with Gasteiger partial charge in [-0.25, -0.2) is 0 Å². The van der Waals surface area contributed by atoms with E-state index in [2.05, 4.69) is 11.1 Å². The van der Waals surface area contributed by atoms with Crippen LogP contribution in [0.15, 0.2) is 36.5 Å². The highest BCUT2D eigenvalue weighted by Crippen LogP contribution is 2.18. The summed E-state index contributed by atoms with van der Waals surface area (Å²) in [6, 6.07) is 9.18. The van der Waals surface area contributed by atoms with E-state index in [9.17, 15) is 4.79 Å². The Bertz CT molecular complexity index is 559. The van der Waals surface area contributed by atoms with Crippen molar-refractivity contribution in [2.45, 2.75) is 11.8 Å². The van der Waals surface area contributed by atoms with Crippen LogP contribution < -0.4 is 5.73 Å². The molecule has 1 aromatic carbocycles. The molecule has 0 aliphatic heterocycles. The van der Waals surface area contributed by atoms with Crippen molar-refractivity contribution in [2.24, 2.45) is 5.73 Å². The molecule has 1 heterocycles. The average molecular weight is 262 g/mol. The molecule has 4 nitrogen and oxygen atoms in total. The van der Waals surface area contributed by atoms with E-state index in [0.717, 1.165) is 22.2 Å². The van der Waals surface area contributed by atoms with Crippen LogP contribution in [0.4, 0.5) is 0 Å². The highest BCUT2D eigenvalue weighted by molar-refractivity contribution is 7.98. The summed E-state index contributed by atoms with van der Waals surface area (Å²) in [7, 11) is 0. The molecule has 18 heavy (non-hydrogen) atoms. The number of carboxylic acid groups (broad SMARTS) is 1. The zero-order valence-electron chi connectivity index (χ0n) is 9.74. The summed E-state index contributed by atoms with van der Waals surface area (Å²) in [5.74, 6) is 0.219. The number of pyridine rings is 1. The normalized spacial score (nSPS) is 12.5. The van der Waals surface area contributed by atoms with Crippen molar-refractivity contribution in [1.29, 1.82) is 0 Å². The first-order valence-electron chi connectivity index (χ1n) is 5.56. The van der Waals surface area contributed by atoms with Crippen LogP contribution in [0.2, 0.25) is 0 Å². The van der Waals surface area contributed by atoms with Crippen LogP contribution in [0.1, 0.15) is 5.56 Å². The van der Waals surface area contributed by atoms with Crippen LogP contribution in [-0.4, -0.2) is 27.9 Å². The van der Waals surface area contributed by atoms with Gasteiger partial charge in [-0.15, -0.1) is 0 Å². The van der Waals surface area contributed by atoms with Crippen molar-refractivity contribution in [3.63, 3.8) is 0 Å². The molecular weight excluding hydrogens is 248 g/mol. The Morgan fingerprint density at radius 3 is 3.06 bits per heavy atom. The molecule has 0 aliphatic carbocycles. The topological polar surface area (TPSA) is 76.2 Å². The van der Waals surface area contributed by atoms with Crippen LogP contribution in [0.5, 0.6) is 0 Å². The Balaban J connectivity index is 1.98. The fraction of sp³-hybridized carbons (Fsp3) is 0.231. The molecule has 0 fully saturated rings. The predicted octanol–water partition coefficient (Wildman–Crippen LogP) is 1.88. The fourth-order valence-corrected chi connectivity index (χ4v) is 2.52. The number of nitrogens with two attached hydrogens (primary N) is 1. The largest absolute Gasteiger partial charge is 0.480 e. The smallest absolute Gasteiger partial charge is 0.321 e. The van der Waals surface area contributed by atoms with Gasteiger partial charge in [0.25, 0.3) is 0 Å². The molecule has 3 N–H and O–H groups in total. The number of nitrogens with zero attached hydrogens (tertiary/aromatic N) is 1. The quantitative estimate of drug-likeness (QED) is 0.860. The Hall–Kier alpha value is -1.59. The molecule has 0 spiro atoms. The zero-order valence-corrected chi connectivity index (χ0v) is 10.6. The van der Waals surface area contributed by atoms with Gasteiger partial charge in [0.05, 0.1) is 5.52 Å². The number of carbonyl (C=O) groups is 1. The van der Waals surface area contributed by atoms with E-state index in [4.69, 9.17) is 10.8 Å². The van der Waals surface area contributed by atoms with Crippen LogP contribution in [-0.2, 0) is 10.5 Å². The zero-order chi connectivity index (χ0) is 13.0. The molecule has 2 rings (SSSR count). The maximum atomic E-state index is 10.6. The first-order chi connectivity index (χ1) is 8.66. The molecule has 0 amide bonds. The van der Waals surface area contributed by atoms with Gasteiger partial charge in [-0.05, 0) is 23.8 Å². The molecular formula is C13H14N2O2S. The summed E-state index contributed by atoms with van der Waals surface area (Å²) in [5.41, 5.74) is 7.56. The summed E-state index contributed by atoms with van der Waals surface area (Å²) in [6.07, 6.45) is 1.77. The number of aliphatic carboxylic acids is 1. The molecule has 0 saturated heterocycles. The van der Waals surface area contributed by atoms with Crippen molar-refractivity contribution in [1.82, 2.24) is 4.98 Å². The molecule has 0 radical (unpaired) electrons. The number of aromatic nitrogens is 1. The van der Waals surface area contributed by atoms with Gasteiger partial charge in [0.15, 0.2) is 0 Å². The van der Waals surface area contributed by atoms with Crippen LogP contribution in [0, 0.1) is 0 Å². The second kappa shape index (κ2) is 5.84. The summed E-state index contributed by atoms with van der Waals surface area (Å²) < 4.78 is 0. The van der Waals surface area contributed by atoms with E-state index in [0.29, 0.717) is 5.75 Å². The van der Waals surface area contributed by atoms with Crippen LogP contribution >= 0.6 is 11.8 Å². The number of carboxylic acids is 1. The minimum absolute atomic E-state index is 0.417. The number of hydrogen-bond donors (Lipinski definition) is 2. The molecule has 94 valence electrons. The van der Waals surface area contributed by atoms with Crippen molar-refractivity contribution >= 4 is 28.6 Å². The summed E-state index contributed by atoms with van der Waals surface area (Å²) in [4.78, 5) is 14.8. The number of fused-ring (bicyclic) bond motifs is 1. The van der Waals surface area contributed by atoms with Crippen LogP contribution in [0.3, 0.4) is 0 Å². The van der Waals surface area contributed by atoms with Gasteiger partial charge in [0, 0.05) is 23.1 Å². The van der Waals surface area contributed by atoms with E-state index in [1.807, 2.05) is 24.3 Å². The van der Waals surface area contributed by atoms with Crippen molar-refractivity contribution in [3.05, 3.63) is 42.1 Å². The molecule has 5 heteroatoms. The second-order valence-electron chi connectivity index (χ2n) is 3.99. The SMILES string of the molecule is NC(CSCc1ccc2ncccc2c1)C(=O)O. The molecule has 2 aromatic rings. The Morgan fingerprint density at radius 1 is 1.44 bits per heavy atom. The second-order valence-corrected chi connectivity index (χ2v) is 5.02. The van der Waals surface area contributed by atoms with E-state index in [-0.39, 0.29) is 0 Å². The highest BCUT2D eigenvalue weighted by Gasteiger charge is 2.10. The maximum Gasteiger partial charge on any atom is 0.321 e. The minimum Gasteiger partial charge on any atom is -0.480 e. The van der Waals surface area contributed by atoms with E-state index in [1.54, 1.807) is 6.20 Å². The maximum absolute atomic E-state index is 10.6. The molecule has 0 saturated carbocycles. The molecule has 1 unspecified atom stereocenters. The number of rotatable bonds is 5. The van der Waals surface area contributed by atoms with Gasteiger partial charge >= 0.3 is 5.97 Å². The molecule has 0 bridgehead atoms. The third-order valence-electron chi connectivity index (χ3n) is 2.55. The van der Waals surface area contributed by atoms with E-state index < -0.39 is 12.0 Å². The summed E-state index contributed by atoms with van der Waals surface area (Å²) >= 11 is 1.53. The average Bonchev–Trinajstić information content (AvgIpc) is 2.38. The summed E-state index contributed by atoms with van der Waals surface area (Å²) in [5, 5.41) is 9.77. The van der Waals surface area contributed by atoms with Crippen LogP contribution in [0.25, 0.3) is 10.9 Å². The first kappa shape index (κ1) is 12.9. The number of benzene rings is 1. The molecule has 1 aromatic heterocycles. The summed E-state index contributed by atoms with van der Waals surface area (Å²) in [6.45, 7) is 0. The van der Waals surface area contributed by atoms with Crippen molar-refractivity contribution in [2.75, 3.05) is 5.75 Å². The Morgan fingerprint density at radius 2 is 2.28 bits per heavy atom. The lowest BCUT2D eigenvalue weighted by atomic mass is 10.1. The Kier molecular flexibility index (Phi) is 4.17. The third-order valence-corrected chi connectivity index (χ3v) is 3.68. The molecule has 0 aliphatic rings. The lowest BCUT2D eigenvalue weighted by Gasteiger charge is -2.06. The van der Waals surface area contributed by atoms with E-state index in [1.165, 1.54) is 11.8 Å². The van der Waals surface area contributed by atoms with Gasteiger partial charge < -0.3 is 10.8 Å². The standard InChI is InChI=1S/C13H14N2O2S/c14-11(13(16)17)8-18-7-9-3-4-12-10(6-9)2-1-5-15-12/h1-6,11H,7-8,14H2,(H,16,17). The third kappa shape index (κ3) is 3.21. The number of hydrogen-bond acceptors (Lipinski definition) is 4. The highest BCUT2D eigenvalue weighted by atomic mass is 32.2. The lowest BCUT2D eigenvalue weighted by Crippen LogP contribution is -2.32. The monoisotopic (exact) mass is 262 g/mol. The van der Waals surface area contributed by atoms with E-state index >= 15 is 0 Å². The van der Waals surface area contributed by atoms with Crippen molar-refractivity contribution in [3.8, 4) is 0 Å². The van der Waals surface area contributed by atoms with Gasteiger partial charge in [-0.1, -0.05) is 12.1 Å². The first-order valence-corrected chi connectivity index (χ1v) is 6.72. The van der Waals surface area contributed by atoms with Gasteiger partial charge in [0.2, 0.25) is 0 Å². The Labute approximate surface area is 109 Å². The predicted molar refractivity (Wildman–Crippen MR) is 73.5 cm³/mol. The van der Waals surface area contributed by atoms with Gasteiger partial charge in [0.1, 0.15) is 6.04 Å². The number of thioether (sulfide) groups is 1. The van der Waals surface area contributed by atoms with Gasteiger partial charge in [-0.2, -0.15) is 11.8 Å². The van der Waals surface area contributed by atoms with Gasteiger partial charge in [-0.3, -0.25) is 9.78 Å². The van der Waals surface area contributed by atoms with Crippen molar-refractivity contribution < 1.29 is 9.90 Å². The minimum atomic E-state index is -0.954. The lowest BCUT2D eigenvalue weighted by molar-refractivity contribution is -0.137. The molecule has 1 atom stereocenters.